The number of hydrogen-bond donors (Lipinski definition) is 0. The van der Waals surface area contributed by atoms with E-state index >= 15 is 0 Å². The fourth-order valence-electron chi connectivity index (χ4n) is 4.60. The van der Waals surface area contributed by atoms with Crippen LogP contribution in [-0.4, -0.2) is 22.0 Å². The van der Waals surface area contributed by atoms with E-state index in [1.54, 1.807) is 18.6 Å². The highest BCUT2D eigenvalue weighted by atomic mass is 16.6. The van der Waals surface area contributed by atoms with Crippen LogP contribution in [0.5, 0.6) is 0 Å². The topological polar surface area (TPSA) is 52.1 Å². The molecule has 5 atom stereocenters. The van der Waals surface area contributed by atoms with Crippen LogP contribution in [0.15, 0.2) is 36.3 Å². The van der Waals surface area contributed by atoms with Gasteiger partial charge in [0, 0.05) is 18.3 Å². The Hall–Kier alpha value is -1.97. The summed E-state index contributed by atoms with van der Waals surface area (Å²) in [6.07, 6.45) is 16.6. The van der Waals surface area contributed by atoms with Gasteiger partial charge in [-0.25, -0.2) is 0 Å². The molecule has 23 heavy (non-hydrogen) atoms. The minimum atomic E-state index is -0.0640. The molecule has 0 radical (unpaired) electrons. The van der Waals surface area contributed by atoms with Gasteiger partial charge in [0.05, 0.1) is 17.8 Å². The van der Waals surface area contributed by atoms with Crippen LogP contribution in [0.3, 0.4) is 0 Å². The second kappa shape index (κ2) is 5.91. The average Bonchev–Trinajstić information content (AvgIpc) is 2.87. The van der Waals surface area contributed by atoms with Gasteiger partial charge in [-0.1, -0.05) is 24.1 Å². The van der Waals surface area contributed by atoms with Crippen molar-refractivity contribution in [2.45, 2.75) is 38.7 Å². The van der Waals surface area contributed by atoms with Gasteiger partial charge in [-0.2, -0.15) is 0 Å². The molecule has 0 amide bonds. The van der Waals surface area contributed by atoms with E-state index in [9.17, 15) is 4.79 Å². The molecule has 1 aromatic heterocycles. The molecule has 1 aromatic rings. The van der Waals surface area contributed by atoms with E-state index in [4.69, 9.17) is 4.74 Å². The second-order valence-electron chi connectivity index (χ2n) is 6.91. The summed E-state index contributed by atoms with van der Waals surface area (Å²) in [6, 6.07) is 0. The second-order valence-corrected chi connectivity index (χ2v) is 6.91. The van der Waals surface area contributed by atoms with Gasteiger partial charge in [0.2, 0.25) is 0 Å². The zero-order chi connectivity index (χ0) is 15.8. The minimum absolute atomic E-state index is 0.0104. The van der Waals surface area contributed by atoms with Crippen LogP contribution in [0, 0.1) is 23.7 Å². The summed E-state index contributed by atoms with van der Waals surface area (Å²) < 4.78 is 5.55. The lowest BCUT2D eigenvalue weighted by Crippen LogP contribution is -2.37. The zero-order valence-corrected chi connectivity index (χ0v) is 13.4. The summed E-state index contributed by atoms with van der Waals surface area (Å²) in [5, 5.41) is 0. The summed E-state index contributed by atoms with van der Waals surface area (Å²) in [5.41, 5.74) is 2.34. The molecule has 0 N–H and O–H groups in total. The maximum absolute atomic E-state index is 12.2. The number of ether oxygens (including phenoxy) is 1. The maximum Gasteiger partial charge on any atom is 0.313 e. The first-order valence-electron chi connectivity index (χ1n) is 8.59. The van der Waals surface area contributed by atoms with Crippen LogP contribution in [0.2, 0.25) is 0 Å². The number of fused-ring (bicyclic) bond motifs is 2. The number of allylic oxidation sites excluding steroid dienone is 2. The van der Waals surface area contributed by atoms with Crippen molar-refractivity contribution in [1.82, 2.24) is 9.97 Å². The molecule has 4 rings (SSSR count). The highest BCUT2D eigenvalue weighted by Gasteiger charge is 2.50. The van der Waals surface area contributed by atoms with E-state index in [0.717, 1.165) is 12.1 Å². The van der Waals surface area contributed by atoms with Crippen LogP contribution >= 0.6 is 0 Å². The van der Waals surface area contributed by atoms with Gasteiger partial charge in [-0.05, 0) is 44.1 Å². The number of rotatable bonds is 2. The molecule has 2 aliphatic carbocycles. The van der Waals surface area contributed by atoms with Crippen molar-refractivity contribution in [1.29, 1.82) is 0 Å². The number of aromatic nitrogens is 2. The molecule has 0 aromatic carbocycles. The van der Waals surface area contributed by atoms with Gasteiger partial charge in [-0.15, -0.1) is 0 Å². The zero-order valence-electron chi connectivity index (χ0n) is 13.4. The van der Waals surface area contributed by atoms with E-state index in [1.165, 1.54) is 24.8 Å². The van der Waals surface area contributed by atoms with E-state index in [2.05, 4.69) is 28.2 Å². The number of cyclic esters (lactones) is 1. The third-order valence-electron chi connectivity index (χ3n) is 5.61. The molecule has 1 saturated carbocycles. The van der Waals surface area contributed by atoms with Gasteiger partial charge in [0.15, 0.2) is 0 Å². The third kappa shape index (κ3) is 2.60. The number of carbonyl (C=O) groups is 1. The largest absolute Gasteiger partial charge is 0.462 e. The number of nitrogens with zero attached hydrogens (tertiary/aromatic N) is 2. The van der Waals surface area contributed by atoms with Crippen LogP contribution < -0.4 is 0 Å². The van der Waals surface area contributed by atoms with Gasteiger partial charge in [0.25, 0.3) is 0 Å². The Bertz CT molecular complexity index is 653. The molecule has 2 fully saturated rings. The molecule has 120 valence electrons. The number of esters is 1. The Balaban J connectivity index is 1.68. The van der Waals surface area contributed by atoms with Crippen molar-refractivity contribution in [3.8, 4) is 0 Å². The molecule has 0 unspecified atom stereocenters. The van der Waals surface area contributed by atoms with Gasteiger partial charge < -0.3 is 4.74 Å². The fraction of sp³-hybridized carbons (Fsp3) is 0.526. The SMILES string of the molecule is C[C@H]1OC(=O)[C@@H]2C=C3CCCC[C@H]3[C@H](/C=C/c3cnccn3)[C@H]12. The van der Waals surface area contributed by atoms with E-state index in [1.807, 2.05) is 6.92 Å². The van der Waals surface area contributed by atoms with E-state index in [-0.39, 0.29) is 23.9 Å². The molecule has 1 aliphatic heterocycles. The highest BCUT2D eigenvalue weighted by molar-refractivity contribution is 5.78. The predicted octanol–water partition coefficient (Wildman–Crippen LogP) is 3.41. The molecular weight excluding hydrogens is 288 g/mol. The molecular formula is C19H22N2O2. The van der Waals surface area contributed by atoms with Gasteiger partial charge in [0.1, 0.15) is 6.10 Å². The van der Waals surface area contributed by atoms with Crippen LogP contribution in [0.1, 0.15) is 38.3 Å². The Kier molecular flexibility index (Phi) is 3.76. The normalized spacial score (nSPS) is 36.3. The number of carbonyl (C=O) groups excluding carboxylic acids is 1. The maximum atomic E-state index is 12.2. The first-order valence-corrected chi connectivity index (χ1v) is 8.59. The smallest absolute Gasteiger partial charge is 0.313 e. The molecule has 0 spiro atoms. The minimum Gasteiger partial charge on any atom is -0.462 e. The average molecular weight is 310 g/mol. The standard InChI is InChI=1S/C19H22N2O2/c1-12-18-16(7-6-14-11-20-8-9-21-14)15-5-3-2-4-13(15)10-17(18)19(22)23-12/h6-12,15-18H,2-5H2,1H3/b7-6+/t12-,15-,16+,17-,18+/m1/s1. The van der Waals surface area contributed by atoms with Crippen molar-refractivity contribution in [2.24, 2.45) is 23.7 Å². The first-order chi connectivity index (χ1) is 11.2. The third-order valence-corrected chi connectivity index (χ3v) is 5.61. The molecule has 4 heteroatoms. The van der Waals surface area contributed by atoms with Crippen molar-refractivity contribution >= 4 is 12.0 Å². The quantitative estimate of drug-likeness (QED) is 0.620. The summed E-state index contributed by atoms with van der Waals surface area (Å²) in [5.74, 6) is 1.05. The lowest BCUT2D eigenvalue weighted by Gasteiger charge is -2.40. The van der Waals surface area contributed by atoms with Crippen molar-refractivity contribution in [2.75, 3.05) is 0 Å². The molecule has 0 bridgehead atoms. The Morgan fingerprint density at radius 2 is 2.22 bits per heavy atom. The summed E-state index contributed by atoms with van der Waals surface area (Å²) in [7, 11) is 0. The summed E-state index contributed by atoms with van der Waals surface area (Å²) in [6.45, 7) is 2.04. The van der Waals surface area contributed by atoms with E-state index in [0.29, 0.717) is 11.8 Å². The Labute approximate surface area is 136 Å². The highest BCUT2D eigenvalue weighted by Crippen LogP contribution is 2.50. The summed E-state index contributed by atoms with van der Waals surface area (Å²) in [4.78, 5) is 20.6. The van der Waals surface area contributed by atoms with Crippen molar-refractivity contribution in [3.05, 3.63) is 42.0 Å². The molecule has 2 heterocycles. The van der Waals surface area contributed by atoms with E-state index < -0.39 is 0 Å². The van der Waals surface area contributed by atoms with Crippen LogP contribution in [0.4, 0.5) is 0 Å². The molecule has 4 nitrogen and oxygen atoms in total. The monoisotopic (exact) mass is 310 g/mol. The van der Waals surface area contributed by atoms with Gasteiger partial charge in [-0.3, -0.25) is 14.8 Å². The van der Waals surface area contributed by atoms with Crippen LogP contribution in [-0.2, 0) is 9.53 Å². The summed E-state index contributed by atoms with van der Waals surface area (Å²) >= 11 is 0. The Morgan fingerprint density at radius 3 is 3.04 bits per heavy atom. The lowest BCUT2D eigenvalue weighted by atomic mass is 9.62. The van der Waals surface area contributed by atoms with Crippen LogP contribution in [0.25, 0.3) is 6.08 Å². The number of hydrogen-bond acceptors (Lipinski definition) is 4. The Morgan fingerprint density at radius 1 is 1.30 bits per heavy atom. The first kappa shape index (κ1) is 14.6. The molecule has 1 saturated heterocycles. The fourth-order valence-corrected chi connectivity index (χ4v) is 4.60. The van der Waals surface area contributed by atoms with Crippen molar-refractivity contribution in [3.63, 3.8) is 0 Å². The predicted molar refractivity (Wildman–Crippen MR) is 87.1 cm³/mol. The molecule has 3 aliphatic rings. The lowest BCUT2D eigenvalue weighted by molar-refractivity contribution is -0.142. The van der Waals surface area contributed by atoms with Crippen molar-refractivity contribution < 1.29 is 9.53 Å². The van der Waals surface area contributed by atoms with Gasteiger partial charge >= 0.3 is 5.97 Å².